The minimum absolute atomic E-state index is 0.0649. The van der Waals surface area contributed by atoms with Crippen molar-refractivity contribution < 1.29 is 48.2 Å². The molecule has 336 valence electrons. The Kier molecular flexibility index (Phi) is 17.4. The quantitative estimate of drug-likeness (QED) is 0.0685. The van der Waals surface area contributed by atoms with Crippen molar-refractivity contribution in [3.8, 4) is 0 Å². The summed E-state index contributed by atoms with van der Waals surface area (Å²) in [6.45, 7) is 9.08. The van der Waals surface area contributed by atoms with Crippen LogP contribution in [0.1, 0.15) is 98.0 Å². The van der Waals surface area contributed by atoms with E-state index < -0.39 is 95.9 Å². The van der Waals surface area contributed by atoms with Gasteiger partial charge in [0, 0.05) is 32.6 Å². The van der Waals surface area contributed by atoms with Crippen LogP contribution in [-0.4, -0.2) is 148 Å². The van der Waals surface area contributed by atoms with Crippen LogP contribution in [0.2, 0.25) is 0 Å². The van der Waals surface area contributed by atoms with Crippen LogP contribution in [-0.2, 0) is 44.7 Å². The normalized spacial score (nSPS) is 20.6. The van der Waals surface area contributed by atoms with E-state index in [2.05, 4.69) is 26.3 Å². The minimum Gasteiger partial charge on any atom is -0.480 e. The number of nitrogens with two attached hydrogens (primary N) is 1. The molecular formula is C42H63N9O10. The molecule has 3 heterocycles. The molecule has 3 aliphatic heterocycles. The van der Waals surface area contributed by atoms with Gasteiger partial charge in [0.15, 0.2) is 0 Å². The fourth-order valence-electron chi connectivity index (χ4n) is 7.93. The SMILES string of the molecule is CC[C@H](NC(=O)[C@H](Cc1ccccc1)NC(=O)CNC(=O)[C@H]1CCCN1C(=O)[C@H]1CCCN1C(=O)[C@@H](CCCN=C(C)N)NC(=O)OC(C)(C)C)C(=O)N1CCC[C@@H]1C(=O)O. The van der Waals surface area contributed by atoms with Crippen LogP contribution in [0.3, 0.4) is 0 Å². The number of carbonyl (C=O) groups excluding carboxylic acids is 7. The van der Waals surface area contributed by atoms with Crippen molar-refractivity contribution in [3.05, 3.63) is 35.9 Å². The predicted molar refractivity (Wildman–Crippen MR) is 224 cm³/mol. The van der Waals surface area contributed by atoms with Crippen molar-refractivity contribution in [2.24, 2.45) is 10.7 Å². The lowest BCUT2D eigenvalue weighted by atomic mass is 10.0. The number of ether oxygens (including phenoxy) is 1. The lowest BCUT2D eigenvalue weighted by molar-refractivity contribution is -0.149. The third kappa shape index (κ3) is 13.9. The summed E-state index contributed by atoms with van der Waals surface area (Å²) >= 11 is 0. The number of alkyl carbamates (subject to hydrolysis) is 1. The van der Waals surface area contributed by atoms with E-state index in [0.717, 1.165) is 5.56 Å². The second kappa shape index (κ2) is 22.2. The van der Waals surface area contributed by atoms with Gasteiger partial charge in [0.05, 0.1) is 12.4 Å². The van der Waals surface area contributed by atoms with E-state index in [1.807, 2.05) is 0 Å². The molecule has 19 heteroatoms. The zero-order valence-electron chi connectivity index (χ0n) is 35.9. The van der Waals surface area contributed by atoms with Crippen LogP contribution < -0.4 is 27.0 Å². The van der Waals surface area contributed by atoms with E-state index in [1.54, 1.807) is 65.0 Å². The number of rotatable bonds is 18. The maximum atomic E-state index is 14.1. The molecule has 1 aromatic carbocycles. The molecule has 7 N–H and O–H groups in total. The minimum atomic E-state index is -1.15. The molecule has 19 nitrogen and oxygen atoms in total. The van der Waals surface area contributed by atoms with E-state index in [0.29, 0.717) is 57.3 Å². The molecule has 7 amide bonds. The van der Waals surface area contributed by atoms with Gasteiger partial charge in [0.25, 0.3) is 0 Å². The van der Waals surface area contributed by atoms with Gasteiger partial charge in [-0.1, -0.05) is 37.3 Å². The van der Waals surface area contributed by atoms with Crippen molar-refractivity contribution >= 4 is 53.3 Å². The first-order chi connectivity index (χ1) is 28.9. The van der Waals surface area contributed by atoms with Gasteiger partial charge in [-0.3, -0.25) is 33.8 Å². The second-order valence-electron chi connectivity index (χ2n) is 16.8. The Morgan fingerprint density at radius 1 is 0.820 bits per heavy atom. The average molecular weight is 854 g/mol. The number of aliphatic carboxylic acids is 1. The van der Waals surface area contributed by atoms with Crippen LogP contribution in [0.15, 0.2) is 35.3 Å². The molecule has 1 aromatic rings. The molecule has 0 radical (unpaired) electrons. The standard InChI is InChI=1S/C42H63N9O10/c1-6-28(37(55)51-23-13-19-33(51)40(58)59)47-35(53)30(24-27-14-8-7-9-15-27)46-34(52)25-45-36(54)31-17-11-21-49(31)39(57)32-18-12-22-50(32)38(56)29(16-10-20-44-26(2)43)48-41(60)61-42(3,4)5/h7-9,14-15,28-33H,6,10-13,16-25H2,1-5H3,(H2,43,44)(H,45,54)(H,46,52)(H,47,53)(H,48,60)(H,58,59)/t28-,29+,30-,31+,32+,33+/m0/s1. The summed E-state index contributed by atoms with van der Waals surface area (Å²) in [5, 5.41) is 20.2. The van der Waals surface area contributed by atoms with Crippen LogP contribution in [0.25, 0.3) is 0 Å². The van der Waals surface area contributed by atoms with Crippen LogP contribution in [0.5, 0.6) is 0 Å². The molecule has 4 rings (SSSR count). The van der Waals surface area contributed by atoms with Gasteiger partial charge in [-0.25, -0.2) is 9.59 Å². The lowest BCUT2D eigenvalue weighted by Gasteiger charge is -2.33. The van der Waals surface area contributed by atoms with E-state index in [1.165, 1.54) is 14.7 Å². The first-order valence-electron chi connectivity index (χ1n) is 21.2. The third-order valence-electron chi connectivity index (χ3n) is 10.9. The van der Waals surface area contributed by atoms with E-state index in [9.17, 15) is 43.5 Å². The molecule has 0 bridgehead atoms. The van der Waals surface area contributed by atoms with Crippen molar-refractivity contribution in [1.82, 2.24) is 36.0 Å². The van der Waals surface area contributed by atoms with Crippen LogP contribution in [0.4, 0.5) is 4.79 Å². The highest BCUT2D eigenvalue weighted by Crippen LogP contribution is 2.26. The fraction of sp³-hybridized carbons (Fsp3) is 0.643. The molecule has 3 aliphatic rings. The summed E-state index contributed by atoms with van der Waals surface area (Å²) in [5.41, 5.74) is 5.58. The Balaban J connectivity index is 1.39. The van der Waals surface area contributed by atoms with E-state index >= 15 is 0 Å². The summed E-state index contributed by atoms with van der Waals surface area (Å²) < 4.78 is 5.41. The second-order valence-corrected chi connectivity index (χ2v) is 16.8. The number of carboxylic acid groups (broad SMARTS) is 1. The molecule has 0 spiro atoms. The van der Waals surface area contributed by atoms with Crippen molar-refractivity contribution in [2.75, 3.05) is 32.7 Å². The maximum absolute atomic E-state index is 14.1. The molecule has 61 heavy (non-hydrogen) atoms. The van der Waals surface area contributed by atoms with Crippen molar-refractivity contribution in [2.45, 2.75) is 141 Å². The molecule has 3 fully saturated rings. The number of benzene rings is 1. The Labute approximate surface area is 356 Å². The molecule has 0 saturated carbocycles. The van der Waals surface area contributed by atoms with E-state index in [-0.39, 0.29) is 38.9 Å². The highest BCUT2D eigenvalue weighted by atomic mass is 16.6. The number of likely N-dealkylation sites (tertiary alicyclic amines) is 3. The number of amidine groups is 1. The van der Waals surface area contributed by atoms with Gasteiger partial charge in [0.2, 0.25) is 35.4 Å². The lowest BCUT2D eigenvalue weighted by Crippen LogP contribution is -2.57. The number of aliphatic imine (C=N–C) groups is 1. The highest BCUT2D eigenvalue weighted by molar-refractivity contribution is 5.97. The molecular weight excluding hydrogens is 791 g/mol. The maximum Gasteiger partial charge on any atom is 0.408 e. The Bertz CT molecular complexity index is 1780. The summed E-state index contributed by atoms with van der Waals surface area (Å²) in [6, 6.07) is 2.99. The monoisotopic (exact) mass is 853 g/mol. The summed E-state index contributed by atoms with van der Waals surface area (Å²) in [4.78, 5) is 115. The van der Waals surface area contributed by atoms with E-state index in [4.69, 9.17) is 10.5 Å². The van der Waals surface area contributed by atoms with Gasteiger partial charge >= 0.3 is 12.1 Å². The van der Waals surface area contributed by atoms with Gasteiger partial charge < -0.3 is 51.5 Å². The number of hydrogen-bond acceptors (Lipinski definition) is 10. The van der Waals surface area contributed by atoms with Crippen molar-refractivity contribution in [3.63, 3.8) is 0 Å². The first kappa shape index (κ1) is 47.9. The van der Waals surface area contributed by atoms with Gasteiger partial charge in [-0.15, -0.1) is 0 Å². The highest BCUT2D eigenvalue weighted by Gasteiger charge is 2.44. The van der Waals surface area contributed by atoms with Gasteiger partial charge in [-0.2, -0.15) is 0 Å². The van der Waals surface area contributed by atoms with Crippen LogP contribution >= 0.6 is 0 Å². The molecule has 6 atom stereocenters. The number of hydrogen-bond donors (Lipinski definition) is 6. The number of amides is 7. The first-order valence-corrected chi connectivity index (χ1v) is 21.2. The molecule has 0 aliphatic carbocycles. The zero-order chi connectivity index (χ0) is 44.9. The average Bonchev–Trinajstić information content (AvgIpc) is 4.01. The number of nitrogens with zero attached hydrogens (tertiary/aromatic N) is 4. The van der Waals surface area contributed by atoms with Gasteiger partial charge in [-0.05, 0) is 91.0 Å². The largest absolute Gasteiger partial charge is 0.480 e. The molecule has 0 aromatic heterocycles. The molecule has 3 saturated heterocycles. The van der Waals surface area contributed by atoms with Gasteiger partial charge in [0.1, 0.15) is 41.9 Å². The van der Waals surface area contributed by atoms with Crippen molar-refractivity contribution in [1.29, 1.82) is 0 Å². The number of carboxylic acids is 1. The predicted octanol–water partition coefficient (Wildman–Crippen LogP) is 0.833. The zero-order valence-corrected chi connectivity index (χ0v) is 35.9. The number of carbonyl (C=O) groups is 8. The fourth-order valence-corrected chi connectivity index (χ4v) is 7.93. The summed E-state index contributed by atoms with van der Waals surface area (Å²) in [7, 11) is 0. The Hall–Kier alpha value is -5.75. The third-order valence-corrected chi connectivity index (χ3v) is 10.9. The smallest absolute Gasteiger partial charge is 0.408 e. The Morgan fingerprint density at radius 3 is 2.02 bits per heavy atom. The summed E-state index contributed by atoms with van der Waals surface area (Å²) in [6.07, 6.45) is 2.72. The number of nitrogens with one attached hydrogen (secondary N) is 4. The van der Waals surface area contributed by atoms with Crippen LogP contribution in [0, 0.1) is 0 Å². The Morgan fingerprint density at radius 2 is 1.41 bits per heavy atom. The molecule has 0 unspecified atom stereocenters. The summed E-state index contributed by atoms with van der Waals surface area (Å²) in [5.74, 6) is -4.00. The topological polar surface area (TPSA) is 262 Å².